The minimum absolute atomic E-state index is 0.103. The van der Waals surface area contributed by atoms with Crippen LogP contribution in [-0.2, 0) is 4.74 Å². The van der Waals surface area contributed by atoms with Crippen molar-refractivity contribution in [2.24, 2.45) is 46.3 Å². The Morgan fingerprint density at radius 1 is 0.849 bits per heavy atom. The molecule has 8 atom stereocenters. The molecule has 4 aliphatic rings. The van der Waals surface area contributed by atoms with Crippen LogP contribution < -0.4 is 26.4 Å². The number of fused-ring (bicyclic) bond motifs is 5. The van der Waals surface area contributed by atoms with Crippen molar-refractivity contribution >= 4 is 17.5 Å². The topological polar surface area (TPSA) is 94.2 Å². The van der Waals surface area contributed by atoms with Crippen LogP contribution in [0.4, 0.5) is 16.2 Å². The first-order chi connectivity index (χ1) is 25.2. The van der Waals surface area contributed by atoms with Crippen molar-refractivity contribution in [1.82, 2.24) is 15.1 Å². The molecule has 0 saturated heterocycles. The summed E-state index contributed by atoms with van der Waals surface area (Å²) in [5.74, 6) is 4.89. The molecule has 9 heteroatoms. The number of anilines is 2. The van der Waals surface area contributed by atoms with Crippen LogP contribution in [0.5, 0.6) is 0 Å². The van der Waals surface area contributed by atoms with Crippen molar-refractivity contribution in [2.45, 2.75) is 124 Å². The molecule has 0 aromatic heterocycles. The van der Waals surface area contributed by atoms with Gasteiger partial charge in [-0.1, -0.05) is 65.5 Å². The van der Waals surface area contributed by atoms with E-state index in [9.17, 15) is 14.4 Å². The second-order valence-electron chi connectivity index (χ2n) is 19.1. The van der Waals surface area contributed by atoms with Gasteiger partial charge in [-0.15, -0.1) is 0 Å². The molecule has 1 aromatic carbocycles. The molecule has 53 heavy (non-hydrogen) atoms. The predicted molar refractivity (Wildman–Crippen MR) is 220 cm³/mol. The molecule has 0 radical (unpaired) electrons. The van der Waals surface area contributed by atoms with Crippen molar-refractivity contribution in [3.05, 3.63) is 32.1 Å². The maximum absolute atomic E-state index is 13.0. The summed E-state index contributed by atoms with van der Waals surface area (Å²) in [4.78, 5) is 44.6. The van der Waals surface area contributed by atoms with E-state index in [2.05, 4.69) is 66.0 Å². The number of ether oxygens (including phenoxy) is 1. The molecule has 4 aliphatic carbocycles. The number of hydrogen-bond acceptors (Lipinski definition) is 8. The van der Waals surface area contributed by atoms with E-state index in [4.69, 9.17) is 4.74 Å². The summed E-state index contributed by atoms with van der Waals surface area (Å²) < 4.78 is 6.00. The Morgan fingerprint density at radius 3 is 2.21 bits per heavy atom. The van der Waals surface area contributed by atoms with Crippen molar-refractivity contribution in [3.63, 3.8) is 0 Å². The Kier molecular flexibility index (Phi) is 14.2. The number of nitrogens with zero attached hydrogens (tertiary/aromatic N) is 3. The van der Waals surface area contributed by atoms with Gasteiger partial charge in [0.25, 0.3) is 10.9 Å². The molecule has 300 valence electrons. The molecule has 3 saturated carbocycles. The SMILES string of the molecule is CC(C)CCC[C@@H](C)[C@H]1CC[C@H]2[C@@H]3CC=C4C[C@@H](OC(=O)NCCNc5c(N(CCCN(C)C)CCCN(C)C)c(=O)c5=O)CC[C@]4(C)[C@H]3CC[C@]12C. The molecule has 1 amide bonds. The number of alkyl carbamates (subject to hydrolysis) is 1. The van der Waals surface area contributed by atoms with E-state index in [1.54, 1.807) is 0 Å². The number of nitrogens with one attached hydrogen (secondary N) is 2. The van der Waals surface area contributed by atoms with E-state index in [0.717, 1.165) is 80.7 Å². The molecule has 0 bridgehead atoms. The van der Waals surface area contributed by atoms with Gasteiger partial charge in [-0.3, -0.25) is 9.59 Å². The van der Waals surface area contributed by atoms with E-state index in [-0.39, 0.29) is 11.5 Å². The van der Waals surface area contributed by atoms with Crippen molar-refractivity contribution < 1.29 is 9.53 Å². The average molecular weight is 738 g/mol. The summed E-state index contributed by atoms with van der Waals surface area (Å²) in [7, 11) is 8.16. The fourth-order valence-corrected chi connectivity index (χ4v) is 11.6. The standard InChI is InChI=1S/C44H75N5O4/c1-30(2)13-10-14-31(3)35-17-18-36-34-16-15-32-29-33(19-21-43(32,4)37(34)20-22-44(35,36)5)53-42(52)46-24-23-45-38-39(41(51)40(38)50)49(27-11-25-47(6)7)28-12-26-48(8)9/h15,30-31,33-37,45H,10-14,16-29H2,1-9H3,(H,46,52)/t31-,33+,34+,35-,36+,37+,43+,44-/m1/s1. The number of allylic oxidation sites excluding steroid dienone is 1. The van der Waals surface area contributed by atoms with Gasteiger partial charge >= 0.3 is 6.09 Å². The molecule has 0 unspecified atom stereocenters. The molecular formula is C44H75N5O4. The van der Waals surface area contributed by atoms with Gasteiger partial charge in [-0.05, 0) is 145 Å². The van der Waals surface area contributed by atoms with Crippen molar-refractivity contribution in [1.29, 1.82) is 0 Å². The second-order valence-corrected chi connectivity index (χ2v) is 19.1. The normalized spacial score (nSPS) is 30.2. The molecule has 5 rings (SSSR count). The highest BCUT2D eigenvalue weighted by atomic mass is 16.6. The Labute approximate surface area is 321 Å². The maximum Gasteiger partial charge on any atom is 0.407 e. The summed E-state index contributed by atoms with van der Waals surface area (Å²) >= 11 is 0. The van der Waals surface area contributed by atoms with Crippen molar-refractivity contribution in [2.75, 3.05) is 77.7 Å². The third-order valence-electron chi connectivity index (χ3n) is 14.5. The Bertz CT molecular complexity index is 1450. The molecule has 3 fully saturated rings. The Hall–Kier alpha value is -2.39. The molecule has 9 nitrogen and oxygen atoms in total. The second kappa shape index (κ2) is 18.0. The maximum atomic E-state index is 13.0. The van der Waals surface area contributed by atoms with Gasteiger partial charge in [0.15, 0.2) is 0 Å². The van der Waals surface area contributed by atoms with Gasteiger partial charge < -0.3 is 30.1 Å². The van der Waals surface area contributed by atoms with E-state index in [1.807, 2.05) is 28.2 Å². The number of rotatable bonds is 19. The van der Waals surface area contributed by atoms with Gasteiger partial charge in [-0.2, -0.15) is 0 Å². The van der Waals surface area contributed by atoms with E-state index in [0.29, 0.717) is 43.0 Å². The molecular weight excluding hydrogens is 663 g/mol. The Morgan fingerprint density at radius 2 is 1.55 bits per heavy atom. The third-order valence-corrected chi connectivity index (χ3v) is 14.5. The summed E-state index contributed by atoms with van der Waals surface area (Å²) in [5.41, 5.74) is 2.22. The van der Waals surface area contributed by atoms with Crippen LogP contribution >= 0.6 is 0 Å². The lowest BCUT2D eigenvalue weighted by molar-refractivity contribution is -0.0581. The zero-order valence-corrected chi connectivity index (χ0v) is 35.0. The highest BCUT2D eigenvalue weighted by Gasteiger charge is 2.59. The summed E-state index contributed by atoms with van der Waals surface area (Å²) in [6.07, 6.45) is 17.6. The van der Waals surface area contributed by atoms with Crippen LogP contribution in [-0.4, -0.2) is 89.5 Å². The predicted octanol–water partition coefficient (Wildman–Crippen LogP) is 7.54. The van der Waals surface area contributed by atoms with E-state index >= 15 is 0 Å². The van der Waals surface area contributed by atoms with Gasteiger partial charge in [0, 0.05) is 32.6 Å². The lowest BCUT2D eigenvalue weighted by Gasteiger charge is -2.58. The number of carbonyl (C=O) groups is 1. The molecule has 2 N–H and O–H groups in total. The van der Waals surface area contributed by atoms with Crippen LogP contribution in [0.15, 0.2) is 21.2 Å². The first-order valence-electron chi connectivity index (χ1n) is 21.4. The smallest absolute Gasteiger partial charge is 0.407 e. The molecule has 0 spiro atoms. The minimum Gasteiger partial charge on any atom is -0.446 e. The van der Waals surface area contributed by atoms with Crippen LogP contribution in [0.1, 0.15) is 118 Å². The number of hydrogen-bond donors (Lipinski definition) is 2. The fraction of sp³-hybridized carbons (Fsp3) is 0.841. The molecule has 1 aromatic rings. The Balaban J connectivity index is 1.10. The molecule has 0 aliphatic heterocycles. The van der Waals surface area contributed by atoms with Crippen LogP contribution in [0, 0.1) is 46.3 Å². The number of carbonyl (C=O) groups excluding carboxylic acids is 1. The largest absolute Gasteiger partial charge is 0.446 e. The summed E-state index contributed by atoms with van der Waals surface area (Å²) in [5, 5.41) is 6.06. The summed E-state index contributed by atoms with van der Waals surface area (Å²) in [6.45, 7) is 16.4. The number of amides is 1. The first kappa shape index (κ1) is 41.8. The van der Waals surface area contributed by atoms with Gasteiger partial charge in [0.05, 0.1) is 0 Å². The van der Waals surface area contributed by atoms with Gasteiger partial charge in [0.1, 0.15) is 17.5 Å². The molecule has 0 heterocycles. The lowest BCUT2D eigenvalue weighted by atomic mass is 9.47. The highest BCUT2D eigenvalue weighted by molar-refractivity contribution is 5.75. The first-order valence-corrected chi connectivity index (χ1v) is 21.4. The van der Waals surface area contributed by atoms with Gasteiger partial charge in [0.2, 0.25) is 0 Å². The minimum atomic E-state index is -0.469. The fourth-order valence-electron chi connectivity index (χ4n) is 11.6. The van der Waals surface area contributed by atoms with Crippen molar-refractivity contribution in [3.8, 4) is 0 Å². The van der Waals surface area contributed by atoms with E-state index in [1.165, 1.54) is 56.9 Å². The zero-order valence-electron chi connectivity index (χ0n) is 35.0. The zero-order chi connectivity index (χ0) is 38.5. The quantitative estimate of drug-likeness (QED) is 0.0855. The van der Waals surface area contributed by atoms with Crippen LogP contribution in [0.3, 0.4) is 0 Å². The van der Waals surface area contributed by atoms with E-state index < -0.39 is 17.0 Å². The average Bonchev–Trinajstić information content (AvgIpc) is 3.45. The highest BCUT2D eigenvalue weighted by Crippen LogP contribution is 2.67. The van der Waals surface area contributed by atoms with Crippen LogP contribution in [0.2, 0.25) is 0 Å². The summed E-state index contributed by atoms with van der Waals surface area (Å²) in [6, 6.07) is 0. The third kappa shape index (κ3) is 9.53. The lowest BCUT2D eigenvalue weighted by Crippen LogP contribution is -2.51. The monoisotopic (exact) mass is 738 g/mol. The van der Waals surface area contributed by atoms with Crippen LogP contribution in [0.25, 0.3) is 0 Å². The van der Waals surface area contributed by atoms with Gasteiger partial charge in [-0.25, -0.2) is 4.79 Å².